The van der Waals surface area contributed by atoms with Gasteiger partial charge in [-0.1, -0.05) is 6.07 Å². The number of carbonyl (C=O) groups is 1. The second kappa shape index (κ2) is 9.72. The van der Waals surface area contributed by atoms with Crippen LogP contribution < -0.4 is 4.74 Å². The van der Waals surface area contributed by atoms with Gasteiger partial charge in [0.05, 0.1) is 26.0 Å². The molecular formula is C21H30N6O2S. The fraction of sp³-hybridized carbons (Fsp3) is 0.571. The number of piperidine rings is 1. The third kappa shape index (κ3) is 4.91. The van der Waals surface area contributed by atoms with E-state index in [2.05, 4.69) is 14.9 Å². The van der Waals surface area contributed by atoms with Crippen molar-refractivity contribution in [3.63, 3.8) is 0 Å². The van der Waals surface area contributed by atoms with Gasteiger partial charge in [-0.2, -0.15) is 5.10 Å². The van der Waals surface area contributed by atoms with Gasteiger partial charge in [0.15, 0.2) is 0 Å². The zero-order valence-corrected chi connectivity index (χ0v) is 18.4. The number of methoxy groups -OCH3 is 1. The minimum Gasteiger partial charge on any atom is -0.497 e. The number of carbonyl (C=O) groups excluding carboxylic acids is 1. The number of amides is 1. The average molecular weight is 431 g/mol. The highest BCUT2D eigenvalue weighted by molar-refractivity contribution is 7.71. The molecule has 2 fully saturated rings. The molecule has 0 unspecified atom stereocenters. The van der Waals surface area contributed by atoms with Gasteiger partial charge in [-0.25, -0.2) is 4.68 Å². The van der Waals surface area contributed by atoms with Crippen molar-refractivity contribution in [2.45, 2.75) is 25.9 Å². The Morgan fingerprint density at radius 3 is 2.53 bits per heavy atom. The monoisotopic (exact) mass is 430 g/mol. The first-order valence-corrected chi connectivity index (χ1v) is 11.1. The molecule has 2 aromatic rings. The van der Waals surface area contributed by atoms with Crippen molar-refractivity contribution in [2.75, 3.05) is 52.9 Å². The fourth-order valence-corrected chi connectivity index (χ4v) is 4.34. The average Bonchev–Trinajstić information content (AvgIpc) is 3.15. The van der Waals surface area contributed by atoms with E-state index in [4.69, 9.17) is 17.0 Å². The Kier molecular flexibility index (Phi) is 6.81. The topological polar surface area (TPSA) is 58.8 Å². The zero-order valence-electron chi connectivity index (χ0n) is 17.6. The third-order valence-corrected chi connectivity index (χ3v) is 6.34. The molecule has 1 aromatic carbocycles. The van der Waals surface area contributed by atoms with Crippen LogP contribution in [0, 0.1) is 4.77 Å². The number of piperazine rings is 1. The molecule has 8 nitrogen and oxygen atoms in total. The first kappa shape index (κ1) is 21.0. The summed E-state index contributed by atoms with van der Waals surface area (Å²) in [5.41, 5.74) is 0.937. The van der Waals surface area contributed by atoms with E-state index in [1.807, 2.05) is 38.4 Å². The van der Waals surface area contributed by atoms with E-state index >= 15 is 0 Å². The van der Waals surface area contributed by atoms with Gasteiger partial charge in [0, 0.05) is 45.3 Å². The molecule has 2 saturated heterocycles. The number of benzene rings is 1. The van der Waals surface area contributed by atoms with E-state index in [1.54, 1.807) is 13.4 Å². The van der Waals surface area contributed by atoms with E-state index in [-0.39, 0.29) is 5.91 Å². The summed E-state index contributed by atoms with van der Waals surface area (Å²) in [5, 5.41) is 4.49. The van der Waals surface area contributed by atoms with Crippen molar-refractivity contribution in [1.82, 2.24) is 29.0 Å². The summed E-state index contributed by atoms with van der Waals surface area (Å²) < 4.78 is 9.71. The molecule has 1 aromatic heterocycles. The molecule has 0 bridgehead atoms. The van der Waals surface area contributed by atoms with Crippen LogP contribution in [0.1, 0.15) is 19.3 Å². The van der Waals surface area contributed by atoms with E-state index in [0.29, 0.717) is 18.0 Å². The van der Waals surface area contributed by atoms with Crippen LogP contribution in [0.5, 0.6) is 5.75 Å². The van der Waals surface area contributed by atoms with Crippen molar-refractivity contribution in [2.24, 2.45) is 0 Å². The number of hydrogen-bond acceptors (Lipinski definition) is 6. The Morgan fingerprint density at radius 2 is 1.80 bits per heavy atom. The second-order valence-electron chi connectivity index (χ2n) is 7.96. The third-order valence-electron chi connectivity index (χ3n) is 5.93. The summed E-state index contributed by atoms with van der Waals surface area (Å²) >= 11 is 5.64. The molecule has 2 aliphatic rings. The number of hydrogen-bond donors (Lipinski definition) is 0. The van der Waals surface area contributed by atoms with Crippen molar-refractivity contribution in [3.05, 3.63) is 35.4 Å². The Bertz CT molecular complexity index is 912. The molecule has 162 valence electrons. The van der Waals surface area contributed by atoms with Crippen LogP contribution in [0.3, 0.4) is 0 Å². The van der Waals surface area contributed by atoms with Gasteiger partial charge in [0.25, 0.3) is 0 Å². The minimum absolute atomic E-state index is 0.280. The van der Waals surface area contributed by atoms with Gasteiger partial charge in [-0.3, -0.25) is 19.2 Å². The summed E-state index contributed by atoms with van der Waals surface area (Å²) in [7, 11) is 1.65. The van der Waals surface area contributed by atoms with Gasteiger partial charge in [-0.05, 0) is 43.6 Å². The van der Waals surface area contributed by atoms with Crippen LogP contribution in [0.2, 0.25) is 0 Å². The van der Waals surface area contributed by atoms with E-state index in [0.717, 1.165) is 63.5 Å². The number of nitrogens with zero attached hydrogens (tertiary/aromatic N) is 6. The van der Waals surface area contributed by atoms with Crippen LogP contribution >= 0.6 is 12.2 Å². The summed E-state index contributed by atoms with van der Waals surface area (Å²) in [5.74, 6) is 1.07. The smallest absolute Gasteiger partial charge is 0.236 e. The lowest BCUT2D eigenvalue weighted by Gasteiger charge is -2.35. The maximum absolute atomic E-state index is 12.5. The largest absolute Gasteiger partial charge is 0.497 e. The molecule has 30 heavy (non-hydrogen) atoms. The normalized spacial score (nSPS) is 18.5. The summed E-state index contributed by atoms with van der Waals surface area (Å²) in [6.07, 6.45) is 5.29. The number of aromatic nitrogens is 3. The quantitative estimate of drug-likeness (QED) is 0.654. The predicted octanol–water partition coefficient (Wildman–Crippen LogP) is 2.00. The van der Waals surface area contributed by atoms with Gasteiger partial charge in [-0.15, -0.1) is 0 Å². The van der Waals surface area contributed by atoms with Gasteiger partial charge in [0.2, 0.25) is 10.7 Å². The molecule has 0 aliphatic carbocycles. The highest BCUT2D eigenvalue weighted by Gasteiger charge is 2.23. The van der Waals surface area contributed by atoms with E-state index in [9.17, 15) is 4.79 Å². The molecule has 2 aliphatic heterocycles. The first-order chi connectivity index (χ1) is 14.6. The van der Waals surface area contributed by atoms with E-state index < -0.39 is 0 Å². The van der Waals surface area contributed by atoms with Gasteiger partial charge < -0.3 is 9.64 Å². The molecule has 0 atom stereocenters. The minimum atomic E-state index is 0.280. The molecule has 0 saturated carbocycles. The van der Waals surface area contributed by atoms with Crippen LogP contribution in [-0.4, -0.2) is 87.9 Å². The molecule has 0 spiro atoms. The molecule has 0 N–H and O–H groups in total. The molecule has 9 heteroatoms. The zero-order chi connectivity index (χ0) is 20.9. The van der Waals surface area contributed by atoms with Crippen LogP contribution in [0.25, 0.3) is 5.69 Å². The lowest BCUT2D eigenvalue weighted by atomic mass is 10.1. The van der Waals surface area contributed by atoms with Crippen molar-refractivity contribution >= 4 is 18.1 Å². The standard InChI is InChI=1S/C21H30N6O2S/c1-29-19-7-5-6-18(14-19)26-16-22-27(21(26)30)17-24-12-10-23(11-13-24)15-20(28)25-8-3-2-4-9-25/h5-7,14,16H,2-4,8-13,15,17H2,1H3. The highest BCUT2D eigenvalue weighted by atomic mass is 32.1. The lowest BCUT2D eigenvalue weighted by molar-refractivity contribution is -0.133. The Morgan fingerprint density at radius 1 is 1.07 bits per heavy atom. The van der Waals surface area contributed by atoms with Crippen LogP contribution in [0.15, 0.2) is 30.6 Å². The maximum atomic E-state index is 12.5. The molecule has 1 amide bonds. The molecule has 3 heterocycles. The van der Waals surface area contributed by atoms with E-state index in [1.165, 1.54) is 6.42 Å². The summed E-state index contributed by atoms with van der Waals surface area (Å²) in [6.45, 7) is 6.64. The van der Waals surface area contributed by atoms with Crippen LogP contribution in [0.4, 0.5) is 0 Å². The SMILES string of the molecule is COc1cccc(-n2cnn(CN3CCN(CC(=O)N4CCCCC4)CC3)c2=S)c1. The maximum Gasteiger partial charge on any atom is 0.236 e. The fourth-order valence-electron chi connectivity index (χ4n) is 4.08. The van der Waals surface area contributed by atoms with Gasteiger partial charge >= 0.3 is 0 Å². The molecule has 4 rings (SSSR count). The van der Waals surface area contributed by atoms with Gasteiger partial charge in [0.1, 0.15) is 12.1 Å². The number of rotatable bonds is 6. The Labute approximate surface area is 182 Å². The highest BCUT2D eigenvalue weighted by Crippen LogP contribution is 2.17. The van der Waals surface area contributed by atoms with Crippen molar-refractivity contribution < 1.29 is 9.53 Å². The molecular weight excluding hydrogens is 400 g/mol. The summed E-state index contributed by atoms with van der Waals surface area (Å²) in [6, 6.07) is 7.78. The van der Waals surface area contributed by atoms with Crippen molar-refractivity contribution in [1.29, 1.82) is 0 Å². The summed E-state index contributed by atoms with van der Waals surface area (Å²) in [4.78, 5) is 19.1. The molecule has 0 radical (unpaired) electrons. The first-order valence-electron chi connectivity index (χ1n) is 10.7. The second-order valence-corrected chi connectivity index (χ2v) is 8.33. The lowest BCUT2D eigenvalue weighted by Crippen LogP contribution is -2.50. The predicted molar refractivity (Wildman–Crippen MR) is 117 cm³/mol. The number of ether oxygens (including phenoxy) is 1. The van der Waals surface area contributed by atoms with Crippen LogP contribution in [-0.2, 0) is 11.5 Å². The number of likely N-dealkylation sites (tertiary alicyclic amines) is 1. The Balaban J connectivity index is 1.30. The Hall–Kier alpha value is -2.23. The van der Waals surface area contributed by atoms with Crippen molar-refractivity contribution in [3.8, 4) is 11.4 Å².